The molecule has 0 aliphatic carbocycles. The summed E-state index contributed by atoms with van der Waals surface area (Å²) in [7, 11) is 0. The first-order valence-corrected chi connectivity index (χ1v) is 6.37. The lowest BCUT2D eigenvalue weighted by atomic mass is 9.92. The predicted octanol–water partition coefficient (Wildman–Crippen LogP) is 1.51. The van der Waals surface area contributed by atoms with Gasteiger partial charge in [0.25, 0.3) is 0 Å². The maximum Gasteiger partial charge on any atom is 0.326 e. The number of hydrogen-bond donors (Lipinski definition) is 1. The van der Waals surface area contributed by atoms with Gasteiger partial charge in [0.15, 0.2) is 0 Å². The van der Waals surface area contributed by atoms with Crippen molar-refractivity contribution in [3.63, 3.8) is 0 Å². The second-order valence-corrected chi connectivity index (χ2v) is 5.97. The monoisotopic (exact) mass is 257 g/mol. The predicted molar refractivity (Wildman–Crippen MR) is 67.2 cm³/mol. The van der Waals surface area contributed by atoms with E-state index in [4.69, 9.17) is 9.84 Å². The Bertz CT molecular complexity index is 321. The van der Waals surface area contributed by atoms with Crippen molar-refractivity contribution in [1.82, 2.24) is 4.90 Å². The topological polar surface area (TPSA) is 66.8 Å². The first-order valence-electron chi connectivity index (χ1n) is 6.37. The summed E-state index contributed by atoms with van der Waals surface area (Å²) in [6.07, 6.45) is 1.38. The summed E-state index contributed by atoms with van der Waals surface area (Å²) >= 11 is 0. The second-order valence-electron chi connectivity index (χ2n) is 5.97. The molecule has 1 aliphatic rings. The molecule has 0 spiro atoms. The number of likely N-dealkylation sites (tertiary alicyclic amines) is 1. The molecule has 2 atom stereocenters. The first-order chi connectivity index (χ1) is 8.20. The van der Waals surface area contributed by atoms with Gasteiger partial charge < -0.3 is 14.7 Å². The largest absolute Gasteiger partial charge is 0.480 e. The number of rotatable bonds is 3. The fourth-order valence-corrected chi connectivity index (χ4v) is 2.04. The van der Waals surface area contributed by atoms with Gasteiger partial charge in [0.2, 0.25) is 5.91 Å². The van der Waals surface area contributed by atoms with E-state index in [0.717, 1.165) is 6.42 Å². The van der Waals surface area contributed by atoms with Crippen molar-refractivity contribution in [1.29, 1.82) is 0 Å². The van der Waals surface area contributed by atoms with Crippen LogP contribution in [0.25, 0.3) is 0 Å². The molecule has 1 saturated heterocycles. The minimum atomic E-state index is -0.925. The van der Waals surface area contributed by atoms with Crippen LogP contribution in [-0.4, -0.2) is 46.7 Å². The van der Waals surface area contributed by atoms with E-state index in [-0.39, 0.29) is 12.5 Å². The molecular weight excluding hydrogens is 234 g/mol. The van der Waals surface area contributed by atoms with Crippen molar-refractivity contribution in [3.05, 3.63) is 0 Å². The fraction of sp³-hybridized carbons (Fsp3) is 0.846. The summed E-state index contributed by atoms with van der Waals surface area (Å²) in [5.41, 5.74) is -0.391. The average molecular weight is 257 g/mol. The lowest BCUT2D eigenvalue weighted by Crippen LogP contribution is -2.51. The van der Waals surface area contributed by atoms with E-state index in [9.17, 15) is 9.59 Å². The van der Waals surface area contributed by atoms with Gasteiger partial charge in [-0.05, 0) is 39.5 Å². The molecule has 0 aromatic carbocycles. The van der Waals surface area contributed by atoms with E-state index in [0.29, 0.717) is 18.9 Å². The molecule has 18 heavy (non-hydrogen) atoms. The molecule has 1 fully saturated rings. The number of piperidine rings is 1. The molecule has 5 heteroatoms. The van der Waals surface area contributed by atoms with E-state index in [1.54, 1.807) is 0 Å². The highest BCUT2D eigenvalue weighted by Gasteiger charge is 2.34. The fourth-order valence-electron chi connectivity index (χ4n) is 2.04. The number of aliphatic carboxylic acids is 1. The van der Waals surface area contributed by atoms with Crippen LogP contribution in [-0.2, 0) is 14.3 Å². The quantitative estimate of drug-likeness (QED) is 0.832. The summed E-state index contributed by atoms with van der Waals surface area (Å²) < 4.78 is 5.42. The molecule has 1 N–H and O–H groups in total. The molecule has 0 aromatic heterocycles. The van der Waals surface area contributed by atoms with E-state index in [2.05, 4.69) is 0 Å². The van der Waals surface area contributed by atoms with Crippen LogP contribution in [0.2, 0.25) is 0 Å². The van der Waals surface area contributed by atoms with Gasteiger partial charge in [-0.3, -0.25) is 4.79 Å². The SMILES string of the molecule is CC1CCN(C(=O)COC(C)(C)C)C(C(=O)O)C1. The van der Waals surface area contributed by atoms with Crippen LogP contribution in [0.1, 0.15) is 40.5 Å². The second kappa shape index (κ2) is 5.69. The summed E-state index contributed by atoms with van der Waals surface area (Å²) in [4.78, 5) is 24.6. The summed E-state index contributed by atoms with van der Waals surface area (Å²) in [5, 5.41) is 9.17. The molecule has 1 amide bonds. The maximum absolute atomic E-state index is 12.0. The molecule has 2 unspecified atom stereocenters. The van der Waals surface area contributed by atoms with Crippen LogP contribution in [0.15, 0.2) is 0 Å². The van der Waals surface area contributed by atoms with Crippen LogP contribution in [0, 0.1) is 5.92 Å². The molecule has 104 valence electrons. The number of carboxylic acids is 1. The van der Waals surface area contributed by atoms with E-state index < -0.39 is 17.6 Å². The van der Waals surface area contributed by atoms with Crippen molar-refractivity contribution < 1.29 is 19.4 Å². The zero-order valence-corrected chi connectivity index (χ0v) is 11.6. The summed E-state index contributed by atoms with van der Waals surface area (Å²) in [6.45, 7) is 8.07. The first kappa shape index (κ1) is 15.0. The Hall–Kier alpha value is -1.10. The van der Waals surface area contributed by atoms with E-state index in [1.807, 2.05) is 27.7 Å². The van der Waals surface area contributed by atoms with Crippen molar-refractivity contribution in [2.24, 2.45) is 5.92 Å². The van der Waals surface area contributed by atoms with Crippen LogP contribution < -0.4 is 0 Å². The van der Waals surface area contributed by atoms with Gasteiger partial charge in [0.1, 0.15) is 12.6 Å². The Morgan fingerprint density at radius 3 is 2.50 bits per heavy atom. The number of ether oxygens (including phenoxy) is 1. The minimum Gasteiger partial charge on any atom is -0.480 e. The lowest BCUT2D eigenvalue weighted by Gasteiger charge is -2.36. The molecular formula is C13H23NO4. The molecule has 0 bridgehead atoms. The third-order valence-electron chi connectivity index (χ3n) is 3.10. The number of nitrogens with zero attached hydrogens (tertiary/aromatic N) is 1. The third-order valence-corrected chi connectivity index (χ3v) is 3.10. The van der Waals surface area contributed by atoms with Crippen molar-refractivity contribution in [3.8, 4) is 0 Å². The molecule has 1 aliphatic heterocycles. The zero-order valence-electron chi connectivity index (χ0n) is 11.6. The Morgan fingerprint density at radius 1 is 1.39 bits per heavy atom. The summed E-state index contributed by atoms with van der Waals surface area (Å²) in [5.74, 6) is -0.812. The van der Waals surface area contributed by atoms with Crippen LogP contribution in [0.5, 0.6) is 0 Å². The number of hydrogen-bond acceptors (Lipinski definition) is 3. The molecule has 0 radical (unpaired) electrons. The number of amides is 1. The van der Waals surface area contributed by atoms with Crippen LogP contribution in [0.4, 0.5) is 0 Å². The Kier molecular flexibility index (Phi) is 4.73. The Labute approximate surface area is 108 Å². The highest BCUT2D eigenvalue weighted by Crippen LogP contribution is 2.23. The van der Waals surface area contributed by atoms with Crippen molar-refractivity contribution in [2.75, 3.05) is 13.2 Å². The van der Waals surface area contributed by atoms with Gasteiger partial charge in [-0.1, -0.05) is 6.92 Å². The highest BCUT2D eigenvalue weighted by molar-refractivity contribution is 5.84. The van der Waals surface area contributed by atoms with Gasteiger partial charge in [-0.15, -0.1) is 0 Å². The van der Waals surface area contributed by atoms with Gasteiger partial charge >= 0.3 is 5.97 Å². The molecule has 1 heterocycles. The molecule has 0 aromatic rings. The smallest absolute Gasteiger partial charge is 0.326 e. The number of carbonyl (C=O) groups is 2. The van der Waals surface area contributed by atoms with Gasteiger partial charge in [-0.25, -0.2) is 4.79 Å². The minimum absolute atomic E-state index is 0.0539. The third kappa shape index (κ3) is 4.29. The Balaban J connectivity index is 2.62. The van der Waals surface area contributed by atoms with Gasteiger partial charge in [-0.2, -0.15) is 0 Å². The normalized spacial score (nSPS) is 25.0. The highest BCUT2D eigenvalue weighted by atomic mass is 16.5. The number of carbonyl (C=O) groups excluding carboxylic acids is 1. The summed E-state index contributed by atoms with van der Waals surface area (Å²) in [6, 6.07) is -0.704. The zero-order chi connectivity index (χ0) is 13.9. The molecule has 0 saturated carbocycles. The van der Waals surface area contributed by atoms with Gasteiger partial charge in [0.05, 0.1) is 5.60 Å². The Morgan fingerprint density at radius 2 is 2.00 bits per heavy atom. The standard InChI is InChI=1S/C13H23NO4/c1-9-5-6-14(10(7-9)12(16)17)11(15)8-18-13(2,3)4/h9-10H,5-8H2,1-4H3,(H,16,17). The van der Waals surface area contributed by atoms with Crippen LogP contribution >= 0.6 is 0 Å². The van der Waals surface area contributed by atoms with Crippen molar-refractivity contribution >= 4 is 11.9 Å². The van der Waals surface area contributed by atoms with Crippen molar-refractivity contribution in [2.45, 2.75) is 52.2 Å². The van der Waals surface area contributed by atoms with E-state index >= 15 is 0 Å². The van der Waals surface area contributed by atoms with Gasteiger partial charge in [0, 0.05) is 6.54 Å². The lowest BCUT2D eigenvalue weighted by molar-refractivity contribution is -0.157. The number of carboxylic acid groups (broad SMARTS) is 1. The van der Waals surface area contributed by atoms with E-state index in [1.165, 1.54) is 4.90 Å². The maximum atomic E-state index is 12.0. The van der Waals surface area contributed by atoms with Crippen LogP contribution in [0.3, 0.4) is 0 Å². The molecule has 1 rings (SSSR count). The molecule has 5 nitrogen and oxygen atoms in total. The average Bonchev–Trinajstić information content (AvgIpc) is 2.24.